The van der Waals surface area contributed by atoms with Gasteiger partial charge in [-0.1, -0.05) is 6.07 Å². The standard InChI is InChI=1S/C15H12IN3O3S/c16-12-2-1-3-13-14(12)11(15(20)19-13)8-18-9-4-6-10(7-5-9)23(17,21)22/h1-8,19-20H,(H2,17,21,22). The van der Waals surface area contributed by atoms with Gasteiger partial charge in [0, 0.05) is 15.2 Å². The first-order valence-electron chi connectivity index (χ1n) is 6.52. The summed E-state index contributed by atoms with van der Waals surface area (Å²) in [5, 5.41) is 16.0. The Kier molecular flexibility index (Phi) is 4.13. The number of halogens is 1. The lowest BCUT2D eigenvalue weighted by Gasteiger charge is -1.99. The lowest BCUT2D eigenvalue weighted by molar-refractivity contribution is 0.457. The summed E-state index contributed by atoms with van der Waals surface area (Å²) >= 11 is 2.19. The molecule has 0 spiro atoms. The molecule has 8 heteroatoms. The van der Waals surface area contributed by atoms with E-state index in [2.05, 4.69) is 32.6 Å². The molecule has 0 unspecified atom stereocenters. The number of benzene rings is 2. The number of aliphatic imine (C=N–C) groups is 1. The number of nitrogens with one attached hydrogen (secondary N) is 1. The number of nitrogens with two attached hydrogens (primary N) is 1. The van der Waals surface area contributed by atoms with Crippen LogP contribution in [0.5, 0.6) is 5.88 Å². The Morgan fingerprint density at radius 3 is 2.52 bits per heavy atom. The molecule has 0 aliphatic heterocycles. The molecule has 1 aromatic heterocycles. The number of aromatic nitrogens is 1. The van der Waals surface area contributed by atoms with Crippen LogP contribution in [0.15, 0.2) is 52.4 Å². The Morgan fingerprint density at radius 2 is 1.87 bits per heavy atom. The van der Waals surface area contributed by atoms with Crippen molar-refractivity contribution in [1.29, 1.82) is 0 Å². The van der Waals surface area contributed by atoms with Crippen molar-refractivity contribution >= 4 is 55.4 Å². The Bertz CT molecular complexity index is 1010. The number of hydrogen-bond acceptors (Lipinski definition) is 4. The highest BCUT2D eigenvalue weighted by Crippen LogP contribution is 2.30. The zero-order valence-corrected chi connectivity index (χ0v) is 14.7. The molecule has 118 valence electrons. The van der Waals surface area contributed by atoms with Crippen LogP contribution in [-0.4, -0.2) is 24.7 Å². The van der Waals surface area contributed by atoms with Crippen LogP contribution in [-0.2, 0) is 10.0 Å². The van der Waals surface area contributed by atoms with E-state index in [9.17, 15) is 13.5 Å². The van der Waals surface area contributed by atoms with E-state index < -0.39 is 10.0 Å². The molecule has 0 amide bonds. The lowest BCUT2D eigenvalue weighted by Crippen LogP contribution is -2.11. The normalized spacial score (nSPS) is 12.3. The molecule has 0 saturated carbocycles. The average Bonchev–Trinajstić information content (AvgIpc) is 2.81. The van der Waals surface area contributed by atoms with Gasteiger partial charge < -0.3 is 10.1 Å². The highest BCUT2D eigenvalue weighted by Gasteiger charge is 2.11. The van der Waals surface area contributed by atoms with Crippen LogP contribution >= 0.6 is 22.6 Å². The molecule has 1 heterocycles. The van der Waals surface area contributed by atoms with Gasteiger partial charge in [0.2, 0.25) is 10.0 Å². The molecule has 2 aromatic carbocycles. The van der Waals surface area contributed by atoms with Gasteiger partial charge in [0.05, 0.1) is 21.7 Å². The first-order chi connectivity index (χ1) is 10.9. The van der Waals surface area contributed by atoms with E-state index in [1.807, 2.05) is 18.2 Å². The second-order valence-electron chi connectivity index (χ2n) is 4.85. The summed E-state index contributed by atoms with van der Waals surface area (Å²) in [6, 6.07) is 11.6. The summed E-state index contributed by atoms with van der Waals surface area (Å²) in [6.45, 7) is 0. The third-order valence-corrected chi connectivity index (χ3v) is 5.13. The molecule has 4 N–H and O–H groups in total. The number of primary sulfonamides is 1. The SMILES string of the molecule is NS(=O)(=O)c1ccc(N=Cc2c(O)[nH]c3cccc(I)c23)cc1. The number of sulfonamides is 1. The third-order valence-electron chi connectivity index (χ3n) is 3.30. The van der Waals surface area contributed by atoms with Crippen molar-refractivity contribution in [3.05, 3.63) is 51.6 Å². The molecule has 0 aliphatic carbocycles. The minimum absolute atomic E-state index is 0.0286. The second kappa shape index (κ2) is 5.95. The average molecular weight is 441 g/mol. The number of H-pyrrole nitrogens is 1. The van der Waals surface area contributed by atoms with Crippen molar-refractivity contribution < 1.29 is 13.5 Å². The first kappa shape index (κ1) is 16.0. The van der Waals surface area contributed by atoms with E-state index in [0.29, 0.717) is 11.3 Å². The fourth-order valence-electron chi connectivity index (χ4n) is 2.20. The molecular weight excluding hydrogens is 429 g/mol. The van der Waals surface area contributed by atoms with Crippen LogP contribution in [0, 0.1) is 3.57 Å². The van der Waals surface area contributed by atoms with Crippen molar-refractivity contribution in [2.45, 2.75) is 4.90 Å². The minimum Gasteiger partial charge on any atom is -0.494 e. The van der Waals surface area contributed by atoms with E-state index in [-0.39, 0.29) is 10.8 Å². The van der Waals surface area contributed by atoms with E-state index in [0.717, 1.165) is 14.5 Å². The zero-order chi connectivity index (χ0) is 16.6. The maximum atomic E-state index is 11.2. The van der Waals surface area contributed by atoms with Gasteiger partial charge in [-0.2, -0.15) is 0 Å². The Labute approximate surface area is 146 Å². The Hall–Kier alpha value is -1.91. The summed E-state index contributed by atoms with van der Waals surface area (Å²) in [7, 11) is -3.72. The van der Waals surface area contributed by atoms with Crippen LogP contribution in [0.4, 0.5) is 5.69 Å². The molecule has 0 aliphatic rings. The smallest absolute Gasteiger partial charge is 0.238 e. The minimum atomic E-state index is -3.72. The van der Waals surface area contributed by atoms with Crippen molar-refractivity contribution in [2.75, 3.05) is 0 Å². The van der Waals surface area contributed by atoms with Gasteiger partial charge in [0.25, 0.3) is 0 Å². The number of rotatable bonds is 3. The zero-order valence-electron chi connectivity index (χ0n) is 11.7. The van der Waals surface area contributed by atoms with Gasteiger partial charge in [0.1, 0.15) is 0 Å². The lowest BCUT2D eigenvalue weighted by atomic mass is 10.2. The van der Waals surface area contributed by atoms with Crippen molar-refractivity contribution in [3.8, 4) is 5.88 Å². The Balaban J connectivity index is 1.99. The van der Waals surface area contributed by atoms with Crippen molar-refractivity contribution in [3.63, 3.8) is 0 Å². The first-order valence-corrected chi connectivity index (χ1v) is 9.15. The maximum Gasteiger partial charge on any atom is 0.238 e. The quantitative estimate of drug-likeness (QED) is 0.430. The molecule has 3 aromatic rings. The number of fused-ring (bicyclic) bond motifs is 1. The fraction of sp³-hybridized carbons (Fsp3) is 0. The summed E-state index contributed by atoms with van der Waals surface area (Å²) in [6.07, 6.45) is 1.54. The maximum absolute atomic E-state index is 11.2. The third kappa shape index (κ3) is 3.23. The number of aromatic hydroxyl groups is 1. The van der Waals surface area contributed by atoms with Crippen LogP contribution < -0.4 is 5.14 Å². The summed E-state index contributed by atoms with van der Waals surface area (Å²) in [4.78, 5) is 7.21. The van der Waals surface area contributed by atoms with Gasteiger partial charge >= 0.3 is 0 Å². The highest BCUT2D eigenvalue weighted by molar-refractivity contribution is 14.1. The van der Waals surface area contributed by atoms with Crippen LogP contribution in [0.3, 0.4) is 0 Å². The van der Waals surface area contributed by atoms with Crippen molar-refractivity contribution in [2.24, 2.45) is 10.1 Å². The number of hydrogen-bond donors (Lipinski definition) is 3. The van der Waals surface area contributed by atoms with E-state index in [1.165, 1.54) is 12.1 Å². The highest BCUT2D eigenvalue weighted by atomic mass is 127. The van der Waals surface area contributed by atoms with Gasteiger partial charge in [-0.25, -0.2) is 13.6 Å². The molecule has 3 rings (SSSR count). The van der Waals surface area contributed by atoms with Gasteiger partial charge in [-0.05, 0) is 59.0 Å². The van der Waals surface area contributed by atoms with Crippen LogP contribution in [0.2, 0.25) is 0 Å². The van der Waals surface area contributed by atoms with E-state index >= 15 is 0 Å². The molecule has 0 atom stereocenters. The summed E-state index contributed by atoms with van der Waals surface area (Å²) in [5.41, 5.74) is 1.96. The molecule has 23 heavy (non-hydrogen) atoms. The molecule has 0 saturated heterocycles. The van der Waals surface area contributed by atoms with Crippen LogP contribution in [0.1, 0.15) is 5.56 Å². The van der Waals surface area contributed by atoms with Gasteiger partial charge in [-0.3, -0.25) is 4.99 Å². The molecule has 6 nitrogen and oxygen atoms in total. The fourth-order valence-corrected chi connectivity index (χ4v) is 3.51. The molecule has 0 bridgehead atoms. The topological polar surface area (TPSA) is 109 Å². The van der Waals surface area contributed by atoms with Crippen LogP contribution in [0.25, 0.3) is 10.9 Å². The van der Waals surface area contributed by atoms with E-state index in [4.69, 9.17) is 5.14 Å². The predicted octanol–water partition coefficient (Wildman–Crippen LogP) is 2.88. The number of aromatic amines is 1. The van der Waals surface area contributed by atoms with Gasteiger partial charge in [-0.15, -0.1) is 0 Å². The molecule has 0 radical (unpaired) electrons. The number of nitrogens with zero attached hydrogens (tertiary/aromatic N) is 1. The van der Waals surface area contributed by atoms with Crippen molar-refractivity contribution in [1.82, 2.24) is 4.98 Å². The molecule has 0 fully saturated rings. The predicted molar refractivity (Wildman–Crippen MR) is 97.7 cm³/mol. The second-order valence-corrected chi connectivity index (χ2v) is 7.57. The van der Waals surface area contributed by atoms with Gasteiger partial charge in [0.15, 0.2) is 5.88 Å². The molecular formula is C15H12IN3O3S. The van der Waals surface area contributed by atoms with E-state index in [1.54, 1.807) is 18.3 Å². The summed E-state index contributed by atoms with van der Waals surface area (Å²) in [5.74, 6) is 0.0361. The largest absolute Gasteiger partial charge is 0.494 e. The Morgan fingerprint density at radius 1 is 1.17 bits per heavy atom. The summed E-state index contributed by atoms with van der Waals surface area (Å²) < 4.78 is 23.4. The monoisotopic (exact) mass is 441 g/mol.